The molecule has 3 aliphatic rings. The molecule has 0 unspecified atom stereocenters. The highest BCUT2D eigenvalue weighted by atomic mass is 16.6. The van der Waals surface area contributed by atoms with Crippen molar-refractivity contribution in [1.29, 1.82) is 0 Å². The summed E-state index contributed by atoms with van der Waals surface area (Å²) in [5.41, 5.74) is -2.02. The van der Waals surface area contributed by atoms with Crippen LogP contribution in [0.1, 0.15) is 25.7 Å². The van der Waals surface area contributed by atoms with E-state index in [0.29, 0.717) is 12.8 Å². The van der Waals surface area contributed by atoms with Gasteiger partial charge in [-0.05, 0) is 25.7 Å². The number of hydrogen-bond donors (Lipinski definition) is 0. The normalized spacial score (nSPS) is 37.7. The van der Waals surface area contributed by atoms with Crippen molar-refractivity contribution in [2.24, 2.45) is 17.3 Å². The Balaban J connectivity index is 2.08. The van der Waals surface area contributed by atoms with Crippen molar-refractivity contribution in [2.45, 2.75) is 31.3 Å². The molecule has 0 aromatic rings. The molecule has 1 saturated heterocycles. The summed E-state index contributed by atoms with van der Waals surface area (Å²) < 4.78 is 15.0. The van der Waals surface area contributed by atoms with E-state index in [9.17, 15) is 14.4 Å². The summed E-state index contributed by atoms with van der Waals surface area (Å²) in [6, 6.07) is 0. The standard InChI is InChI=1S/C13H16O6/c1-17-10(15)12(11(16)18-2)6-7-9(14)19-13(7)5-3-4-8(12)13/h7-8H,3-6H2,1-2H3/t7-,8+,13+/m1/s1. The van der Waals surface area contributed by atoms with Crippen LogP contribution in [0, 0.1) is 17.3 Å². The van der Waals surface area contributed by atoms with Crippen LogP contribution in [-0.2, 0) is 28.6 Å². The first-order valence-electron chi connectivity index (χ1n) is 6.42. The fraction of sp³-hybridized carbons (Fsp3) is 0.769. The van der Waals surface area contributed by atoms with E-state index >= 15 is 0 Å². The molecule has 104 valence electrons. The molecule has 1 aliphatic heterocycles. The highest BCUT2D eigenvalue weighted by molar-refractivity contribution is 6.03. The van der Waals surface area contributed by atoms with Crippen molar-refractivity contribution in [2.75, 3.05) is 14.2 Å². The van der Waals surface area contributed by atoms with Gasteiger partial charge in [0, 0.05) is 5.92 Å². The van der Waals surface area contributed by atoms with E-state index in [1.807, 2.05) is 0 Å². The van der Waals surface area contributed by atoms with E-state index in [2.05, 4.69) is 0 Å². The van der Waals surface area contributed by atoms with Crippen molar-refractivity contribution >= 4 is 17.9 Å². The van der Waals surface area contributed by atoms with Crippen molar-refractivity contribution in [1.82, 2.24) is 0 Å². The number of methoxy groups -OCH3 is 2. The van der Waals surface area contributed by atoms with Crippen LogP contribution >= 0.6 is 0 Å². The number of carbonyl (C=O) groups is 3. The molecule has 3 atom stereocenters. The minimum absolute atomic E-state index is 0.149. The lowest BCUT2D eigenvalue weighted by Gasteiger charge is -2.43. The molecule has 6 nitrogen and oxygen atoms in total. The summed E-state index contributed by atoms with van der Waals surface area (Å²) in [5, 5.41) is 0. The Morgan fingerprint density at radius 1 is 1.26 bits per heavy atom. The average Bonchev–Trinajstić information content (AvgIpc) is 2.92. The van der Waals surface area contributed by atoms with E-state index in [0.717, 1.165) is 6.42 Å². The summed E-state index contributed by atoms with van der Waals surface area (Å²) in [6.07, 6.45) is 2.37. The Kier molecular flexibility index (Phi) is 2.43. The second-order valence-electron chi connectivity index (χ2n) is 5.53. The number of rotatable bonds is 2. The maximum Gasteiger partial charge on any atom is 0.323 e. The van der Waals surface area contributed by atoms with Crippen LogP contribution < -0.4 is 0 Å². The van der Waals surface area contributed by atoms with Gasteiger partial charge in [0.25, 0.3) is 0 Å². The molecule has 0 amide bonds. The number of carbonyl (C=O) groups excluding carboxylic acids is 3. The molecule has 2 aliphatic carbocycles. The van der Waals surface area contributed by atoms with Gasteiger partial charge in [-0.1, -0.05) is 0 Å². The van der Waals surface area contributed by atoms with Crippen LogP contribution in [0.25, 0.3) is 0 Å². The average molecular weight is 268 g/mol. The number of esters is 3. The molecule has 0 bridgehead atoms. The molecule has 0 N–H and O–H groups in total. The van der Waals surface area contributed by atoms with Crippen LogP contribution in [0.4, 0.5) is 0 Å². The molecule has 0 aromatic carbocycles. The molecular formula is C13H16O6. The Bertz CT molecular complexity index is 454. The fourth-order valence-corrected chi connectivity index (χ4v) is 4.29. The first kappa shape index (κ1) is 12.4. The fourth-order valence-electron chi connectivity index (χ4n) is 4.29. The van der Waals surface area contributed by atoms with E-state index in [1.54, 1.807) is 0 Å². The second-order valence-corrected chi connectivity index (χ2v) is 5.53. The van der Waals surface area contributed by atoms with E-state index < -0.39 is 23.0 Å². The smallest absolute Gasteiger partial charge is 0.323 e. The first-order valence-corrected chi connectivity index (χ1v) is 6.42. The summed E-state index contributed by atoms with van der Waals surface area (Å²) >= 11 is 0. The summed E-state index contributed by atoms with van der Waals surface area (Å²) in [7, 11) is 2.50. The molecule has 3 fully saturated rings. The lowest BCUT2D eigenvalue weighted by molar-refractivity contribution is -0.213. The summed E-state index contributed by atoms with van der Waals surface area (Å²) in [5.74, 6) is -2.24. The monoisotopic (exact) mass is 268 g/mol. The molecule has 1 heterocycles. The van der Waals surface area contributed by atoms with Gasteiger partial charge in [0.2, 0.25) is 0 Å². The van der Waals surface area contributed by atoms with Gasteiger partial charge in [0.15, 0.2) is 5.41 Å². The van der Waals surface area contributed by atoms with Crippen LogP contribution in [0.3, 0.4) is 0 Å². The van der Waals surface area contributed by atoms with Gasteiger partial charge in [-0.25, -0.2) is 0 Å². The van der Waals surface area contributed by atoms with Crippen molar-refractivity contribution in [3.05, 3.63) is 0 Å². The molecule has 3 rings (SSSR count). The minimum Gasteiger partial charge on any atom is -0.468 e. The van der Waals surface area contributed by atoms with Crippen LogP contribution in [0.15, 0.2) is 0 Å². The number of ether oxygens (including phenoxy) is 3. The predicted octanol–water partition coefficient (Wildman–Crippen LogP) is 0.434. The highest BCUT2D eigenvalue weighted by Gasteiger charge is 2.79. The second kappa shape index (κ2) is 3.71. The zero-order valence-corrected chi connectivity index (χ0v) is 10.9. The third kappa shape index (κ3) is 1.19. The quantitative estimate of drug-likeness (QED) is 0.410. The van der Waals surface area contributed by atoms with Crippen LogP contribution in [0.5, 0.6) is 0 Å². The maximum atomic E-state index is 12.2. The van der Waals surface area contributed by atoms with Gasteiger partial charge in [-0.3, -0.25) is 14.4 Å². The largest absolute Gasteiger partial charge is 0.468 e. The Morgan fingerprint density at radius 2 is 1.89 bits per heavy atom. The third-order valence-electron chi connectivity index (χ3n) is 5.04. The topological polar surface area (TPSA) is 78.9 Å². The Labute approximate surface area is 110 Å². The van der Waals surface area contributed by atoms with Crippen molar-refractivity contribution in [3.63, 3.8) is 0 Å². The molecular weight excluding hydrogens is 252 g/mol. The highest BCUT2D eigenvalue weighted by Crippen LogP contribution is 2.66. The molecule has 0 radical (unpaired) electrons. The summed E-state index contributed by atoms with van der Waals surface area (Å²) in [4.78, 5) is 36.1. The van der Waals surface area contributed by atoms with E-state index in [-0.39, 0.29) is 24.2 Å². The first-order chi connectivity index (χ1) is 9.02. The molecule has 0 aromatic heterocycles. The van der Waals surface area contributed by atoms with Gasteiger partial charge in [0.05, 0.1) is 20.1 Å². The zero-order valence-electron chi connectivity index (χ0n) is 10.9. The minimum atomic E-state index is -1.38. The van der Waals surface area contributed by atoms with Crippen molar-refractivity contribution < 1.29 is 28.6 Å². The van der Waals surface area contributed by atoms with Gasteiger partial charge in [0.1, 0.15) is 5.60 Å². The molecule has 2 saturated carbocycles. The zero-order chi connectivity index (χ0) is 13.8. The van der Waals surface area contributed by atoms with Crippen LogP contribution in [0.2, 0.25) is 0 Å². The SMILES string of the molecule is COC(=O)C1(C(=O)OC)C[C@@H]2C(=O)O[C@@]23CCC[C@@H]13. The summed E-state index contributed by atoms with van der Waals surface area (Å²) in [6.45, 7) is 0. The predicted molar refractivity (Wildman–Crippen MR) is 60.7 cm³/mol. The molecule has 1 spiro atoms. The third-order valence-corrected chi connectivity index (χ3v) is 5.04. The van der Waals surface area contributed by atoms with Crippen LogP contribution in [-0.4, -0.2) is 37.7 Å². The van der Waals surface area contributed by atoms with E-state index in [4.69, 9.17) is 14.2 Å². The Morgan fingerprint density at radius 3 is 2.42 bits per heavy atom. The van der Waals surface area contributed by atoms with E-state index in [1.165, 1.54) is 14.2 Å². The maximum absolute atomic E-state index is 12.2. The lowest BCUT2D eigenvalue weighted by atomic mass is 9.74. The van der Waals surface area contributed by atoms with Gasteiger partial charge in [-0.15, -0.1) is 0 Å². The Hall–Kier alpha value is -1.59. The van der Waals surface area contributed by atoms with Gasteiger partial charge >= 0.3 is 17.9 Å². The van der Waals surface area contributed by atoms with Gasteiger partial charge < -0.3 is 14.2 Å². The lowest BCUT2D eigenvalue weighted by Crippen LogP contribution is -2.56. The van der Waals surface area contributed by atoms with Crippen molar-refractivity contribution in [3.8, 4) is 0 Å². The number of hydrogen-bond acceptors (Lipinski definition) is 6. The van der Waals surface area contributed by atoms with Gasteiger partial charge in [-0.2, -0.15) is 0 Å². The molecule has 19 heavy (non-hydrogen) atoms. The molecule has 6 heteroatoms.